The molecule has 132 valence electrons. The summed E-state index contributed by atoms with van der Waals surface area (Å²) in [5.41, 5.74) is -0.782. The molecular formula is C14H16ClF3N4OS. The first-order valence-corrected chi connectivity index (χ1v) is 8.56. The van der Waals surface area contributed by atoms with Gasteiger partial charge < -0.3 is 5.32 Å². The molecule has 0 aliphatic carbocycles. The zero-order valence-electron chi connectivity index (χ0n) is 13.0. The molecule has 24 heavy (non-hydrogen) atoms. The van der Waals surface area contributed by atoms with E-state index in [0.29, 0.717) is 12.5 Å². The third-order valence-corrected chi connectivity index (χ3v) is 4.35. The first kappa shape index (κ1) is 18.9. The number of amides is 1. The van der Waals surface area contributed by atoms with E-state index >= 15 is 0 Å². The van der Waals surface area contributed by atoms with Crippen molar-refractivity contribution in [1.82, 2.24) is 19.9 Å². The van der Waals surface area contributed by atoms with Crippen LogP contribution in [0.15, 0.2) is 17.4 Å². The van der Waals surface area contributed by atoms with Gasteiger partial charge in [-0.2, -0.15) is 13.2 Å². The fraction of sp³-hybridized carbons (Fsp3) is 0.500. The Bertz CT molecular complexity index is 733. The van der Waals surface area contributed by atoms with Crippen LogP contribution in [0.25, 0.3) is 5.65 Å². The first-order chi connectivity index (χ1) is 11.2. The quantitative estimate of drug-likeness (QED) is 0.777. The maximum Gasteiger partial charge on any atom is 0.417 e. The lowest BCUT2D eigenvalue weighted by Gasteiger charge is -2.09. The molecule has 0 aliphatic rings. The van der Waals surface area contributed by atoms with E-state index in [1.165, 1.54) is 0 Å². The molecular weight excluding hydrogens is 365 g/mol. The maximum atomic E-state index is 12.9. The Kier molecular flexibility index (Phi) is 5.97. The second-order valence-corrected chi connectivity index (χ2v) is 6.92. The van der Waals surface area contributed by atoms with E-state index in [0.717, 1.165) is 34.8 Å². The molecule has 1 amide bonds. The van der Waals surface area contributed by atoms with Crippen molar-refractivity contribution >= 4 is 34.9 Å². The summed E-state index contributed by atoms with van der Waals surface area (Å²) < 4.78 is 39.8. The van der Waals surface area contributed by atoms with Crippen molar-refractivity contribution in [3.8, 4) is 0 Å². The summed E-state index contributed by atoms with van der Waals surface area (Å²) in [5.74, 6) is 0.295. The van der Waals surface area contributed by atoms with Gasteiger partial charge in [-0.15, -0.1) is 10.2 Å². The highest BCUT2D eigenvalue weighted by atomic mass is 35.5. The van der Waals surface area contributed by atoms with Gasteiger partial charge in [0.1, 0.15) is 0 Å². The predicted octanol–water partition coefficient (Wildman–Crippen LogP) is 3.66. The number of carbonyl (C=O) groups is 1. The average Bonchev–Trinajstić information content (AvgIpc) is 2.87. The molecule has 0 unspecified atom stereocenters. The second kappa shape index (κ2) is 7.60. The fourth-order valence-corrected chi connectivity index (χ4v) is 2.85. The van der Waals surface area contributed by atoms with Crippen LogP contribution in [0.4, 0.5) is 13.2 Å². The van der Waals surface area contributed by atoms with Crippen LogP contribution in [0.2, 0.25) is 5.02 Å². The summed E-state index contributed by atoms with van der Waals surface area (Å²) in [5, 5.41) is 10.3. The summed E-state index contributed by atoms with van der Waals surface area (Å²) in [4.78, 5) is 11.8. The highest BCUT2D eigenvalue weighted by Gasteiger charge is 2.32. The van der Waals surface area contributed by atoms with E-state index in [1.54, 1.807) is 0 Å². The number of carbonyl (C=O) groups excluding carboxylic acids is 1. The van der Waals surface area contributed by atoms with Gasteiger partial charge >= 0.3 is 6.18 Å². The minimum atomic E-state index is -4.53. The van der Waals surface area contributed by atoms with E-state index in [-0.39, 0.29) is 27.5 Å². The van der Waals surface area contributed by atoms with Gasteiger partial charge in [0.2, 0.25) is 5.91 Å². The van der Waals surface area contributed by atoms with Crippen LogP contribution in [-0.4, -0.2) is 32.8 Å². The van der Waals surface area contributed by atoms with E-state index in [2.05, 4.69) is 15.5 Å². The zero-order valence-corrected chi connectivity index (χ0v) is 14.6. The van der Waals surface area contributed by atoms with Crippen LogP contribution >= 0.6 is 23.4 Å². The molecule has 0 saturated carbocycles. The predicted molar refractivity (Wildman–Crippen MR) is 86.2 cm³/mol. The third-order valence-electron chi connectivity index (χ3n) is 3.13. The number of halogens is 4. The molecule has 1 N–H and O–H groups in total. The van der Waals surface area contributed by atoms with Gasteiger partial charge in [0.15, 0.2) is 10.8 Å². The van der Waals surface area contributed by atoms with E-state index < -0.39 is 11.7 Å². The van der Waals surface area contributed by atoms with Crippen LogP contribution in [0.5, 0.6) is 0 Å². The summed E-state index contributed by atoms with van der Waals surface area (Å²) in [6.07, 6.45) is -2.80. The minimum Gasteiger partial charge on any atom is -0.355 e. The lowest BCUT2D eigenvalue weighted by Crippen LogP contribution is -2.27. The molecule has 2 aromatic rings. The Morgan fingerprint density at radius 1 is 1.42 bits per heavy atom. The Morgan fingerprint density at radius 3 is 2.75 bits per heavy atom. The van der Waals surface area contributed by atoms with Gasteiger partial charge in [-0.05, 0) is 18.4 Å². The number of hydrogen-bond donors (Lipinski definition) is 1. The molecule has 0 aromatic carbocycles. The van der Waals surface area contributed by atoms with E-state index in [9.17, 15) is 18.0 Å². The van der Waals surface area contributed by atoms with Crippen molar-refractivity contribution in [3.05, 3.63) is 22.8 Å². The molecule has 0 spiro atoms. The number of pyridine rings is 1. The normalized spacial score (nSPS) is 12.1. The number of aromatic nitrogens is 3. The second-order valence-electron chi connectivity index (χ2n) is 5.57. The van der Waals surface area contributed by atoms with Crippen molar-refractivity contribution in [2.24, 2.45) is 5.92 Å². The third kappa shape index (κ3) is 4.76. The minimum absolute atomic E-state index is 0.0345. The lowest BCUT2D eigenvalue weighted by atomic mass is 10.1. The molecule has 0 fully saturated rings. The topological polar surface area (TPSA) is 59.3 Å². The van der Waals surface area contributed by atoms with Crippen LogP contribution in [0, 0.1) is 5.92 Å². The van der Waals surface area contributed by atoms with Gasteiger partial charge in [0.25, 0.3) is 0 Å². The summed E-state index contributed by atoms with van der Waals surface area (Å²) in [6.45, 7) is 4.65. The molecule has 2 rings (SSSR count). The largest absolute Gasteiger partial charge is 0.417 e. The van der Waals surface area contributed by atoms with Crippen LogP contribution in [0.1, 0.15) is 25.8 Å². The summed E-state index contributed by atoms with van der Waals surface area (Å²) >= 11 is 6.83. The molecule has 0 radical (unpaired) electrons. The maximum absolute atomic E-state index is 12.9. The van der Waals surface area contributed by atoms with Crippen molar-refractivity contribution in [2.75, 3.05) is 12.3 Å². The monoisotopic (exact) mass is 380 g/mol. The highest BCUT2D eigenvalue weighted by molar-refractivity contribution is 7.99. The number of rotatable bonds is 6. The number of nitrogens with zero attached hydrogens (tertiary/aromatic N) is 3. The van der Waals surface area contributed by atoms with Crippen LogP contribution < -0.4 is 5.32 Å². The zero-order chi connectivity index (χ0) is 17.9. The number of fused-ring (bicyclic) bond motifs is 1. The van der Waals surface area contributed by atoms with Crippen molar-refractivity contribution in [2.45, 2.75) is 31.6 Å². The van der Waals surface area contributed by atoms with Crippen molar-refractivity contribution in [3.63, 3.8) is 0 Å². The van der Waals surface area contributed by atoms with Gasteiger partial charge in [-0.25, -0.2) is 0 Å². The van der Waals surface area contributed by atoms with Gasteiger partial charge in [0.05, 0.1) is 16.3 Å². The number of thioether (sulfide) groups is 1. The molecule has 0 aliphatic heterocycles. The Hall–Kier alpha value is -1.48. The number of alkyl halides is 3. The van der Waals surface area contributed by atoms with E-state index in [4.69, 9.17) is 11.6 Å². The van der Waals surface area contributed by atoms with Gasteiger partial charge in [0, 0.05) is 12.7 Å². The summed E-state index contributed by atoms with van der Waals surface area (Å²) in [6, 6.07) is 0.804. The average molecular weight is 381 g/mol. The fourth-order valence-electron chi connectivity index (χ4n) is 1.87. The molecule has 10 heteroatoms. The van der Waals surface area contributed by atoms with Crippen molar-refractivity contribution < 1.29 is 18.0 Å². The molecule has 2 heterocycles. The SMILES string of the molecule is CC(C)CCNC(=O)CSc1nnc2c(Cl)cc(C(F)(F)F)cn12. The van der Waals surface area contributed by atoms with Gasteiger partial charge in [-0.1, -0.05) is 37.2 Å². The Balaban J connectivity index is 2.10. The molecule has 0 saturated heterocycles. The molecule has 2 aromatic heterocycles. The Morgan fingerprint density at radius 2 is 2.12 bits per heavy atom. The van der Waals surface area contributed by atoms with Crippen LogP contribution in [-0.2, 0) is 11.0 Å². The number of hydrogen-bond acceptors (Lipinski definition) is 4. The smallest absolute Gasteiger partial charge is 0.355 e. The summed E-state index contributed by atoms with van der Waals surface area (Å²) in [7, 11) is 0. The number of nitrogens with one attached hydrogen (secondary N) is 1. The molecule has 0 bridgehead atoms. The lowest BCUT2D eigenvalue weighted by molar-refractivity contribution is -0.137. The van der Waals surface area contributed by atoms with Crippen LogP contribution in [0.3, 0.4) is 0 Å². The Labute approximate surface area is 146 Å². The van der Waals surface area contributed by atoms with Gasteiger partial charge in [-0.3, -0.25) is 9.20 Å². The van der Waals surface area contributed by atoms with Crippen molar-refractivity contribution in [1.29, 1.82) is 0 Å². The standard InChI is InChI=1S/C14H16ClF3N4OS/c1-8(2)3-4-19-11(23)7-24-13-21-20-12-10(15)5-9(6-22(12)13)14(16,17)18/h5-6,8H,3-4,7H2,1-2H3,(H,19,23). The molecule has 5 nitrogen and oxygen atoms in total. The molecule has 0 atom stereocenters. The highest BCUT2D eigenvalue weighted by Crippen LogP contribution is 2.33. The first-order valence-electron chi connectivity index (χ1n) is 7.19. The van der Waals surface area contributed by atoms with E-state index in [1.807, 2.05) is 13.8 Å².